The zero-order chi connectivity index (χ0) is 18.0. The van der Waals surface area contributed by atoms with E-state index in [-0.39, 0.29) is 5.56 Å². The van der Waals surface area contributed by atoms with Gasteiger partial charge in [-0.3, -0.25) is 9.78 Å². The summed E-state index contributed by atoms with van der Waals surface area (Å²) in [5.74, 6) is -2.05. The minimum Gasteiger partial charge on any atom is -0.504 e. The lowest BCUT2D eigenvalue weighted by Crippen LogP contribution is -2.18. The van der Waals surface area contributed by atoms with E-state index in [9.17, 15) is 20.1 Å². The van der Waals surface area contributed by atoms with Gasteiger partial charge in [-0.25, -0.2) is 5.43 Å². The number of carbonyl (C=O) groups is 1. The fraction of sp³-hybridized carbons (Fsp3) is 0.0556. The van der Waals surface area contributed by atoms with Crippen LogP contribution in [-0.4, -0.2) is 32.4 Å². The first-order chi connectivity index (χ1) is 12.0. The highest BCUT2D eigenvalue weighted by molar-refractivity contribution is 6.06. The monoisotopic (exact) mass is 337 g/mol. The molecule has 0 aliphatic rings. The minimum atomic E-state index is -0.647. The number of rotatable bonds is 3. The largest absolute Gasteiger partial charge is 0.504 e. The Bertz CT molecular complexity index is 999. The normalized spacial score (nSPS) is 11.1. The Morgan fingerprint density at radius 1 is 1.12 bits per heavy atom. The Labute approximate surface area is 142 Å². The smallest absolute Gasteiger partial charge is 0.272 e. The maximum atomic E-state index is 12.4. The van der Waals surface area contributed by atoms with Crippen molar-refractivity contribution in [2.24, 2.45) is 5.10 Å². The summed E-state index contributed by atoms with van der Waals surface area (Å²) in [6.45, 7) is 1.80. The molecule has 2 aromatic carbocycles. The maximum absolute atomic E-state index is 12.4. The lowest BCUT2D eigenvalue weighted by atomic mass is 10.1. The zero-order valence-corrected chi connectivity index (χ0v) is 13.3. The van der Waals surface area contributed by atoms with Gasteiger partial charge in [0.1, 0.15) is 0 Å². The summed E-state index contributed by atoms with van der Waals surface area (Å²) in [5, 5.41) is 33.0. The number of fused-ring (bicyclic) bond motifs is 1. The molecule has 0 unspecified atom stereocenters. The molecule has 0 saturated heterocycles. The van der Waals surface area contributed by atoms with Crippen molar-refractivity contribution in [1.82, 2.24) is 10.4 Å². The van der Waals surface area contributed by atoms with E-state index in [0.29, 0.717) is 22.2 Å². The number of hydrogen-bond donors (Lipinski definition) is 4. The fourth-order valence-electron chi connectivity index (χ4n) is 2.41. The van der Waals surface area contributed by atoms with E-state index in [4.69, 9.17) is 0 Å². The van der Waals surface area contributed by atoms with Crippen LogP contribution in [0, 0.1) is 6.92 Å². The molecule has 3 aromatic rings. The van der Waals surface area contributed by atoms with E-state index in [1.165, 1.54) is 18.3 Å². The number of pyridine rings is 1. The first kappa shape index (κ1) is 16.3. The van der Waals surface area contributed by atoms with Crippen molar-refractivity contribution in [3.05, 3.63) is 59.3 Å². The number of phenolic OH excluding ortho intramolecular Hbond substituents is 3. The molecule has 126 valence electrons. The molecule has 0 atom stereocenters. The molecule has 1 aromatic heterocycles. The van der Waals surface area contributed by atoms with Gasteiger partial charge in [0.2, 0.25) is 5.75 Å². The van der Waals surface area contributed by atoms with Gasteiger partial charge in [0.25, 0.3) is 5.91 Å². The van der Waals surface area contributed by atoms with E-state index in [1.54, 1.807) is 19.1 Å². The van der Waals surface area contributed by atoms with Crippen molar-refractivity contribution in [3.8, 4) is 17.2 Å². The van der Waals surface area contributed by atoms with E-state index in [0.717, 1.165) is 0 Å². The quantitative estimate of drug-likeness (QED) is 0.333. The van der Waals surface area contributed by atoms with Crippen molar-refractivity contribution in [2.45, 2.75) is 6.92 Å². The van der Waals surface area contributed by atoms with Crippen molar-refractivity contribution in [2.75, 3.05) is 0 Å². The number of phenols is 3. The molecule has 0 saturated carbocycles. The molecule has 4 N–H and O–H groups in total. The first-order valence-corrected chi connectivity index (χ1v) is 7.41. The summed E-state index contributed by atoms with van der Waals surface area (Å²) in [6, 6.07) is 11.5. The number of aromatic nitrogens is 1. The summed E-state index contributed by atoms with van der Waals surface area (Å²) in [7, 11) is 0. The van der Waals surface area contributed by atoms with Crippen molar-refractivity contribution in [1.29, 1.82) is 0 Å². The van der Waals surface area contributed by atoms with Crippen LogP contribution in [0.5, 0.6) is 17.2 Å². The van der Waals surface area contributed by atoms with Crippen LogP contribution < -0.4 is 5.43 Å². The third-order valence-electron chi connectivity index (χ3n) is 3.62. The number of hydrogen-bond acceptors (Lipinski definition) is 6. The Kier molecular flexibility index (Phi) is 4.21. The molecule has 25 heavy (non-hydrogen) atoms. The Morgan fingerprint density at radius 2 is 1.88 bits per heavy atom. The molecule has 1 amide bonds. The van der Waals surface area contributed by atoms with Crippen LogP contribution in [0.1, 0.15) is 21.6 Å². The van der Waals surface area contributed by atoms with Gasteiger partial charge < -0.3 is 15.3 Å². The van der Waals surface area contributed by atoms with Crippen molar-refractivity contribution >= 4 is 23.0 Å². The maximum Gasteiger partial charge on any atom is 0.272 e. The lowest BCUT2D eigenvalue weighted by molar-refractivity contribution is 0.0956. The summed E-state index contributed by atoms with van der Waals surface area (Å²) in [5.41, 5.74) is 4.36. The van der Waals surface area contributed by atoms with Gasteiger partial charge in [-0.1, -0.05) is 18.2 Å². The van der Waals surface area contributed by atoms with Gasteiger partial charge in [-0.2, -0.15) is 5.10 Å². The molecule has 0 bridgehead atoms. The molecule has 0 radical (unpaired) electrons. The average molecular weight is 337 g/mol. The fourth-order valence-corrected chi connectivity index (χ4v) is 2.41. The van der Waals surface area contributed by atoms with Crippen LogP contribution in [-0.2, 0) is 0 Å². The molecule has 1 heterocycles. The van der Waals surface area contributed by atoms with Gasteiger partial charge >= 0.3 is 0 Å². The van der Waals surface area contributed by atoms with Crippen LogP contribution in [0.2, 0.25) is 0 Å². The summed E-state index contributed by atoms with van der Waals surface area (Å²) < 4.78 is 0. The van der Waals surface area contributed by atoms with Gasteiger partial charge in [-0.05, 0) is 31.2 Å². The highest BCUT2D eigenvalue weighted by Gasteiger charge is 2.12. The molecule has 0 aliphatic heterocycles. The topological polar surface area (TPSA) is 115 Å². The molecule has 7 heteroatoms. The number of carbonyl (C=O) groups excluding carboxylic acids is 1. The van der Waals surface area contributed by atoms with Crippen molar-refractivity contribution < 1.29 is 20.1 Å². The van der Waals surface area contributed by atoms with Gasteiger partial charge in [0.05, 0.1) is 17.3 Å². The predicted octanol–water partition coefficient (Wildman–Crippen LogP) is 2.42. The van der Waals surface area contributed by atoms with E-state index in [1.807, 2.05) is 18.2 Å². The van der Waals surface area contributed by atoms with Crippen LogP contribution in [0.3, 0.4) is 0 Å². The Morgan fingerprint density at radius 3 is 2.68 bits per heavy atom. The second-order valence-electron chi connectivity index (χ2n) is 5.40. The number of para-hydroxylation sites is 1. The first-order valence-electron chi connectivity index (χ1n) is 7.41. The molecule has 0 aliphatic carbocycles. The molecular weight excluding hydrogens is 322 g/mol. The summed E-state index contributed by atoms with van der Waals surface area (Å²) in [6.07, 6.45) is 1.17. The number of nitrogens with zero attached hydrogens (tertiary/aromatic N) is 2. The number of nitrogens with one attached hydrogen (secondary N) is 1. The van der Waals surface area contributed by atoms with Gasteiger partial charge in [0.15, 0.2) is 11.5 Å². The Hall–Kier alpha value is -3.61. The predicted molar refractivity (Wildman–Crippen MR) is 93.0 cm³/mol. The number of amides is 1. The highest BCUT2D eigenvalue weighted by atomic mass is 16.3. The molecule has 0 fully saturated rings. The van der Waals surface area contributed by atoms with Crippen LogP contribution in [0.15, 0.2) is 47.6 Å². The molecule has 0 spiro atoms. The van der Waals surface area contributed by atoms with E-state index in [2.05, 4.69) is 15.5 Å². The molecular formula is C18H15N3O4. The minimum absolute atomic E-state index is 0.145. The second kappa shape index (κ2) is 6.48. The highest BCUT2D eigenvalue weighted by Crippen LogP contribution is 2.36. The van der Waals surface area contributed by atoms with Gasteiger partial charge in [0, 0.05) is 16.6 Å². The van der Waals surface area contributed by atoms with E-state index >= 15 is 0 Å². The standard InChI is InChI=1S/C18H15N3O4/c1-10-8-13(12-4-2-3-5-14(12)20-10)18(25)21-19-9-11-6-7-15(22)17(24)16(11)23/h2-9,22-24H,1H3,(H,21,25). The van der Waals surface area contributed by atoms with Crippen molar-refractivity contribution in [3.63, 3.8) is 0 Å². The lowest BCUT2D eigenvalue weighted by Gasteiger charge is -2.06. The van der Waals surface area contributed by atoms with E-state index < -0.39 is 23.2 Å². The molecule has 3 rings (SSSR count). The van der Waals surface area contributed by atoms with Crippen LogP contribution in [0.25, 0.3) is 10.9 Å². The van der Waals surface area contributed by atoms with Crippen LogP contribution >= 0.6 is 0 Å². The van der Waals surface area contributed by atoms with Gasteiger partial charge in [-0.15, -0.1) is 0 Å². The second-order valence-corrected chi connectivity index (χ2v) is 5.40. The average Bonchev–Trinajstić information content (AvgIpc) is 2.60. The van der Waals surface area contributed by atoms with Crippen LogP contribution in [0.4, 0.5) is 0 Å². The third-order valence-corrected chi connectivity index (χ3v) is 3.62. The summed E-state index contributed by atoms with van der Waals surface area (Å²) >= 11 is 0. The third kappa shape index (κ3) is 3.20. The summed E-state index contributed by atoms with van der Waals surface area (Å²) in [4.78, 5) is 16.8. The molecule has 7 nitrogen and oxygen atoms in total. The Balaban J connectivity index is 1.85. The number of aryl methyl sites for hydroxylation is 1. The SMILES string of the molecule is Cc1cc(C(=O)NN=Cc2ccc(O)c(O)c2O)c2ccccc2n1. The number of benzene rings is 2. The number of hydrazone groups is 1. The number of aromatic hydroxyl groups is 3. The zero-order valence-electron chi connectivity index (χ0n) is 13.3.